The zero-order valence-electron chi connectivity index (χ0n) is 15.4. The molecule has 1 aliphatic rings. The van der Waals surface area contributed by atoms with E-state index in [2.05, 4.69) is 63.7 Å². The molecule has 0 saturated carbocycles. The molecule has 1 atom stereocenters. The molecule has 2 aromatic carbocycles. The summed E-state index contributed by atoms with van der Waals surface area (Å²) >= 11 is 0. The fraction of sp³-hybridized carbons (Fsp3) is 0.130. The van der Waals surface area contributed by atoms with E-state index in [0.29, 0.717) is 5.76 Å². The maximum absolute atomic E-state index is 5.45. The van der Waals surface area contributed by atoms with Crippen LogP contribution in [0.1, 0.15) is 22.4 Å². The molecule has 138 valence electrons. The van der Waals surface area contributed by atoms with Crippen LogP contribution in [0, 0.1) is 0 Å². The standard InChI is InChI=1S/C23H19N3O2/c1-27-18-9-7-17(8-10-18)23(16-5-3-2-4-6-16)12-11-19-20(13-23)25-26-22(19)21-14-24-15-28-21/h2-12,14-15H,13H2,1H3,(H,25,26). The van der Waals surface area contributed by atoms with Gasteiger partial charge in [0.05, 0.1) is 13.3 Å². The van der Waals surface area contributed by atoms with E-state index in [9.17, 15) is 0 Å². The fourth-order valence-corrected chi connectivity index (χ4v) is 3.97. The zero-order chi connectivity index (χ0) is 19.0. The molecule has 0 saturated heterocycles. The van der Waals surface area contributed by atoms with Crippen LogP contribution in [-0.2, 0) is 11.8 Å². The van der Waals surface area contributed by atoms with Gasteiger partial charge in [0.1, 0.15) is 11.4 Å². The predicted molar refractivity (Wildman–Crippen MR) is 107 cm³/mol. The number of aromatic nitrogens is 3. The van der Waals surface area contributed by atoms with Crippen molar-refractivity contribution < 1.29 is 9.15 Å². The number of H-pyrrole nitrogens is 1. The Hall–Kier alpha value is -3.60. The first-order valence-corrected chi connectivity index (χ1v) is 9.15. The van der Waals surface area contributed by atoms with Crippen molar-refractivity contribution in [1.29, 1.82) is 0 Å². The Labute approximate surface area is 162 Å². The average molecular weight is 369 g/mol. The number of aromatic amines is 1. The third-order valence-electron chi connectivity index (χ3n) is 5.43. The van der Waals surface area contributed by atoms with Crippen molar-refractivity contribution >= 4 is 6.08 Å². The van der Waals surface area contributed by atoms with Gasteiger partial charge in [0.15, 0.2) is 12.2 Å². The number of nitrogens with one attached hydrogen (secondary N) is 1. The number of benzene rings is 2. The number of hydrogen-bond donors (Lipinski definition) is 1. The summed E-state index contributed by atoms with van der Waals surface area (Å²) in [5.74, 6) is 1.51. The van der Waals surface area contributed by atoms with E-state index in [-0.39, 0.29) is 5.41 Å². The highest BCUT2D eigenvalue weighted by molar-refractivity contribution is 5.74. The summed E-state index contributed by atoms with van der Waals surface area (Å²) in [5.41, 5.74) is 5.08. The fourth-order valence-electron chi connectivity index (χ4n) is 3.97. The molecular weight excluding hydrogens is 350 g/mol. The van der Waals surface area contributed by atoms with Crippen LogP contribution in [0.5, 0.6) is 5.75 Å². The second-order valence-electron chi connectivity index (χ2n) is 6.91. The van der Waals surface area contributed by atoms with E-state index in [1.165, 1.54) is 17.5 Å². The molecule has 1 N–H and O–H groups in total. The van der Waals surface area contributed by atoms with Crippen molar-refractivity contribution in [2.24, 2.45) is 0 Å². The summed E-state index contributed by atoms with van der Waals surface area (Å²) in [4.78, 5) is 4.01. The second kappa shape index (κ2) is 6.53. The summed E-state index contributed by atoms with van der Waals surface area (Å²) in [5, 5.41) is 7.71. The highest BCUT2D eigenvalue weighted by atomic mass is 16.5. The van der Waals surface area contributed by atoms with Crippen LogP contribution in [0.2, 0.25) is 0 Å². The monoisotopic (exact) mass is 369 g/mol. The Bertz CT molecular complexity index is 1110. The third-order valence-corrected chi connectivity index (χ3v) is 5.43. The second-order valence-corrected chi connectivity index (χ2v) is 6.91. The predicted octanol–water partition coefficient (Wildman–Crippen LogP) is 4.63. The molecule has 28 heavy (non-hydrogen) atoms. The number of methoxy groups -OCH3 is 1. The summed E-state index contributed by atoms with van der Waals surface area (Å²) in [7, 11) is 1.68. The van der Waals surface area contributed by atoms with Gasteiger partial charge in [0.2, 0.25) is 0 Å². The maximum Gasteiger partial charge on any atom is 0.181 e. The molecule has 0 bridgehead atoms. The minimum absolute atomic E-state index is 0.286. The largest absolute Gasteiger partial charge is 0.497 e. The minimum atomic E-state index is -0.286. The SMILES string of the molecule is COc1ccc(C2(c3ccccc3)C=Cc3c(-c4cnco4)n[nH]c3C2)cc1. The minimum Gasteiger partial charge on any atom is -0.497 e. The van der Waals surface area contributed by atoms with Crippen LogP contribution >= 0.6 is 0 Å². The van der Waals surface area contributed by atoms with Gasteiger partial charge < -0.3 is 9.15 Å². The van der Waals surface area contributed by atoms with Crippen LogP contribution in [0.3, 0.4) is 0 Å². The van der Waals surface area contributed by atoms with Crippen molar-refractivity contribution in [1.82, 2.24) is 15.2 Å². The molecule has 5 nitrogen and oxygen atoms in total. The van der Waals surface area contributed by atoms with E-state index in [0.717, 1.165) is 29.1 Å². The Balaban J connectivity index is 1.65. The van der Waals surface area contributed by atoms with Crippen molar-refractivity contribution in [3.05, 3.63) is 95.6 Å². The molecule has 2 aromatic heterocycles. The van der Waals surface area contributed by atoms with Gasteiger partial charge in [-0.25, -0.2) is 4.98 Å². The number of allylic oxidation sites excluding steroid dienone is 1. The van der Waals surface area contributed by atoms with Gasteiger partial charge in [0.25, 0.3) is 0 Å². The third kappa shape index (κ3) is 2.55. The van der Waals surface area contributed by atoms with E-state index in [4.69, 9.17) is 9.15 Å². The summed E-state index contributed by atoms with van der Waals surface area (Å²) in [6.45, 7) is 0. The topological polar surface area (TPSA) is 63.9 Å². The van der Waals surface area contributed by atoms with E-state index in [1.54, 1.807) is 13.3 Å². The summed E-state index contributed by atoms with van der Waals surface area (Å²) < 4.78 is 10.8. The van der Waals surface area contributed by atoms with Crippen LogP contribution in [-0.4, -0.2) is 22.3 Å². The van der Waals surface area contributed by atoms with E-state index >= 15 is 0 Å². The maximum atomic E-state index is 5.45. The highest BCUT2D eigenvalue weighted by Gasteiger charge is 2.36. The van der Waals surface area contributed by atoms with Crippen LogP contribution < -0.4 is 4.74 Å². The number of oxazole rings is 1. The van der Waals surface area contributed by atoms with Gasteiger partial charge in [-0.3, -0.25) is 5.10 Å². The Morgan fingerprint density at radius 1 is 1.04 bits per heavy atom. The lowest BCUT2D eigenvalue weighted by atomic mass is 9.68. The quantitative estimate of drug-likeness (QED) is 0.570. The zero-order valence-corrected chi connectivity index (χ0v) is 15.4. The van der Waals surface area contributed by atoms with Crippen molar-refractivity contribution in [3.63, 3.8) is 0 Å². The number of nitrogens with zero attached hydrogens (tertiary/aromatic N) is 2. The van der Waals surface area contributed by atoms with Gasteiger partial charge in [-0.15, -0.1) is 0 Å². The summed E-state index contributed by atoms with van der Waals surface area (Å²) in [6, 6.07) is 18.8. The number of rotatable bonds is 4. The molecule has 0 radical (unpaired) electrons. The highest BCUT2D eigenvalue weighted by Crippen LogP contribution is 2.43. The van der Waals surface area contributed by atoms with Crippen molar-refractivity contribution in [3.8, 4) is 17.2 Å². The van der Waals surface area contributed by atoms with E-state index < -0.39 is 0 Å². The van der Waals surface area contributed by atoms with Crippen LogP contribution in [0.15, 0.2) is 77.7 Å². The smallest absolute Gasteiger partial charge is 0.181 e. The molecule has 0 amide bonds. The number of ether oxygens (including phenoxy) is 1. The number of fused-ring (bicyclic) bond motifs is 1. The van der Waals surface area contributed by atoms with Gasteiger partial charge in [-0.2, -0.15) is 5.10 Å². The Morgan fingerprint density at radius 2 is 1.82 bits per heavy atom. The lowest BCUT2D eigenvalue weighted by Crippen LogP contribution is -2.30. The first kappa shape index (κ1) is 16.6. The molecule has 0 spiro atoms. The van der Waals surface area contributed by atoms with Crippen molar-refractivity contribution in [2.75, 3.05) is 7.11 Å². The summed E-state index contributed by atoms with van der Waals surface area (Å²) in [6.07, 6.45) is 8.29. The normalized spacial score (nSPS) is 18.0. The first-order valence-electron chi connectivity index (χ1n) is 9.15. The van der Waals surface area contributed by atoms with Gasteiger partial charge >= 0.3 is 0 Å². The van der Waals surface area contributed by atoms with Crippen LogP contribution in [0.4, 0.5) is 0 Å². The first-order chi connectivity index (χ1) is 13.8. The molecule has 0 aliphatic heterocycles. The van der Waals surface area contributed by atoms with Gasteiger partial charge in [-0.1, -0.05) is 54.6 Å². The molecule has 2 heterocycles. The molecule has 1 aliphatic carbocycles. The molecule has 1 unspecified atom stereocenters. The molecular formula is C23H19N3O2. The molecule has 0 fully saturated rings. The number of hydrogen-bond acceptors (Lipinski definition) is 4. The lowest BCUT2D eigenvalue weighted by Gasteiger charge is -2.34. The van der Waals surface area contributed by atoms with Gasteiger partial charge in [-0.05, 0) is 23.3 Å². The van der Waals surface area contributed by atoms with Crippen LogP contribution in [0.25, 0.3) is 17.5 Å². The lowest BCUT2D eigenvalue weighted by molar-refractivity contribution is 0.414. The molecule has 4 aromatic rings. The van der Waals surface area contributed by atoms with Crippen molar-refractivity contribution in [2.45, 2.75) is 11.8 Å². The van der Waals surface area contributed by atoms with Gasteiger partial charge in [0, 0.05) is 23.1 Å². The Kier molecular flexibility index (Phi) is 3.86. The average Bonchev–Trinajstić information content (AvgIpc) is 3.43. The Morgan fingerprint density at radius 3 is 2.54 bits per heavy atom. The molecule has 5 rings (SSSR count). The molecule has 5 heteroatoms. The van der Waals surface area contributed by atoms with E-state index in [1.807, 2.05) is 18.2 Å².